The Bertz CT molecular complexity index is 1140. The lowest BCUT2D eigenvalue weighted by molar-refractivity contribution is -0.124. The minimum Gasteiger partial charge on any atom is -0.361 e. The smallest absolute Gasteiger partial charge is 0.267 e. The summed E-state index contributed by atoms with van der Waals surface area (Å²) in [5, 5.41) is 10.0. The number of amides is 1. The highest BCUT2D eigenvalue weighted by Crippen LogP contribution is 2.38. The molecular formula is C28H33N3O2. The second-order valence-electron chi connectivity index (χ2n) is 9.58. The van der Waals surface area contributed by atoms with Crippen LogP contribution in [0.15, 0.2) is 54.7 Å². The molecule has 1 atom stereocenters. The summed E-state index contributed by atoms with van der Waals surface area (Å²) >= 11 is 0. The summed E-state index contributed by atoms with van der Waals surface area (Å²) in [5.74, 6) is 0.310. The molecule has 1 heterocycles. The molecule has 3 aromatic rings. The standard InChI is InChI=1S/C28H33N3O2/c32-28(30-33)14-10-20-9-12-25-22(17-20)11-13-27(25)31(19-21-5-1-2-6-21)16-15-23-18-29-26-8-4-3-7-24(23)26/h3-4,7-10,12,14,17-18,21,27,29,33H,1-2,5-6,11,13,15-16,19H2,(H,30,32). The zero-order chi connectivity index (χ0) is 22.6. The first-order valence-electron chi connectivity index (χ1n) is 12.3. The molecular weight excluding hydrogens is 410 g/mol. The summed E-state index contributed by atoms with van der Waals surface area (Å²) in [6.07, 6.45) is 14.1. The van der Waals surface area contributed by atoms with Gasteiger partial charge in [-0.15, -0.1) is 0 Å². The predicted octanol–water partition coefficient (Wildman–Crippen LogP) is 5.41. The molecule has 5 nitrogen and oxygen atoms in total. The van der Waals surface area contributed by atoms with Gasteiger partial charge in [0.05, 0.1) is 0 Å². The molecule has 1 saturated carbocycles. The fourth-order valence-electron chi connectivity index (χ4n) is 5.81. The Labute approximate surface area is 195 Å². The van der Waals surface area contributed by atoms with Gasteiger partial charge < -0.3 is 4.98 Å². The van der Waals surface area contributed by atoms with E-state index in [2.05, 4.69) is 58.5 Å². The normalized spacial score (nSPS) is 18.5. The number of aromatic amines is 1. The molecule has 172 valence electrons. The summed E-state index contributed by atoms with van der Waals surface area (Å²) in [5.41, 5.74) is 8.09. The molecule has 0 bridgehead atoms. The van der Waals surface area contributed by atoms with E-state index in [-0.39, 0.29) is 0 Å². The van der Waals surface area contributed by atoms with Crippen molar-refractivity contribution >= 4 is 22.9 Å². The molecule has 1 unspecified atom stereocenters. The van der Waals surface area contributed by atoms with E-state index >= 15 is 0 Å². The van der Waals surface area contributed by atoms with Gasteiger partial charge in [0.15, 0.2) is 0 Å². The van der Waals surface area contributed by atoms with Gasteiger partial charge in [0.25, 0.3) is 5.91 Å². The van der Waals surface area contributed by atoms with E-state index in [0.717, 1.165) is 37.3 Å². The van der Waals surface area contributed by atoms with Crippen molar-refractivity contribution in [2.24, 2.45) is 5.92 Å². The van der Waals surface area contributed by atoms with Crippen LogP contribution in [0.25, 0.3) is 17.0 Å². The number of nitrogens with zero attached hydrogens (tertiary/aromatic N) is 1. The minimum absolute atomic E-state index is 0.463. The predicted molar refractivity (Wildman–Crippen MR) is 132 cm³/mol. The molecule has 2 aliphatic carbocycles. The van der Waals surface area contributed by atoms with Gasteiger partial charge in [-0.1, -0.05) is 49.2 Å². The van der Waals surface area contributed by atoms with Crippen molar-refractivity contribution in [1.29, 1.82) is 0 Å². The van der Waals surface area contributed by atoms with Gasteiger partial charge in [0, 0.05) is 42.3 Å². The fourth-order valence-corrected chi connectivity index (χ4v) is 5.81. The van der Waals surface area contributed by atoms with Crippen LogP contribution in [0.4, 0.5) is 0 Å². The quantitative estimate of drug-likeness (QED) is 0.248. The van der Waals surface area contributed by atoms with Crippen molar-refractivity contribution in [2.45, 2.75) is 51.0 Å². The van der Waals surface area contributed by atoms with Crippen LogP contribution in [-0.2, 0) is 17.6 Å². The highest BCUT2D eigenvalue weighted by molar-refractivity contribution is 5.90. The second kappa shape index (κ2) is 9.94. The molecule has 0 saturated heterocycles. The van der Waals surface area contributed by atoms with Gasteiger partial charge >= 0.3 is 0 Å². The number of rotatable bonds is 8. The van der Waals surface area contributed by atoms with E-state index in [9.17, 15) is 4.79 Å². The van der Waals surface area contributed by atoms with Crippen LogP contribution in [0.5, 0.6) is 0 Å². The number of carbonyl (C=O) groups is 1. The lowest BCUT2D eigenvalue weighted by Crippen LogP contribution is -2.33. The summed E-state index contributed by atoms with van der Waals surface area (Å²) in [6.45, 7) is 2.26. The Morgan fingerprint density at radius 1 is 1.15 bits per heavy atom. The van der Waals surface area contributed by atoms with E-state index in [0.29, 0.717) is 6.04 Å². The molecule has 3 N–H and O–H groups in total. The van der Waals surface area contributed by atoms with Crippen LogP contribution in [0.3, 0.4) is 0 Å². The van der Waals surface area contributed by atoms with E-state index in [1.165, 1.54) is 65.9 Å². The average Bonchev–Trinajstić information content (AvgIpc) is 3.60. The van der Waals surface area contributed by atoms with Gasteiger partial charge in [-0.25, -0.2) is 5.48 Å². The maximum Gasteiger partial charge on any atom is 0.267 e. The molecule has 1 amide bonds. The largest absolute Gasteiger partial charge is 0.361 e. The van der Waals surface area contributed by atoms with Crippen molar-refractivity contribution < 1.29 is 10.0 Å². The molecule has 5 rings (SSSR count). The third-order valence-electron chi connectivity index (χ3n) is 7.50. The van der Waals surface area contributed by atoms with E-state index in [4.69, 9.17) is 5.21 Å². The molecule has 2 aliphatic rings. The topological polar surface area (TPSA) is 68.4 Å². The summed E-state index contributed by atoms with van der Waals surface area (Å²) in [4.78, 5) is 17.5. The third-order valence-corrected chi connectivity index (χ3v) is 7.50. The number of carbonyl (C=O) groups excluding carboxylic acids is 1. The maximum absolute atomic E-state index is 11.3. The van der Waals surface area contributed by atoms with Crippen molar-refractivity contribution in [3.05, 3.63) is 77.0 Å². The van der Waals surface area contributed by atoms with Crippen molar-refractivity contribution in [3.8, 4) is 0 Å². The number of hydrogen-bond donors (Lipinski definition) is 3. The minimum atomic E-state index is -0.506. The van der Waals surface area contributed by atoms with Crippen LogP contribution in [0, 0.1) is 5.92 Å². The van der Waals surface area contributed by atoms with Crippen LogP contribution in [-0.4, -0.2) is 34.1 Å². The first kappa shape index (κ1) is 21.9. The number of nitrogens with one attached hydrogen (secondary N) is 2. The molecule has 0 spiro atoms. The maximum atomic E-state index is 11.3. The molecule has 1 aromatic heterocycles. The van der Waals surface area contributed by atoms with Crippen molar-refractivity contribution in [2.75, 3.05) is 13.1 Å². The Kier molecular flexibility index (Phi) is 6.60. The number of H-pyrrole nitrogens is 1. The number of aromatic nitrogens is 1. The highest BCUT2D eigenvalue weighted by Gasteiger charge is 2.30. The molecule has 5 heteroatoms. The number of hydrogen-bond acceptors (Lipinski definition) is 3. The van der Waals surface area contributed by atoms with Crippen LogP contribution in [0.1, 0.15) is 60.4 Å². The average molecular weight is 444 g/mol. The van der Waals surface area contributed by atoms with Crippen molar-refractivity contribution in [1.82, 2.24) is 15.4 Å². The van der Waals surface area contributed by atoms with E-state index < -0.39 is 5.91 Å². The Morgan fingerprint density at radius 2 is 2.00 bits per heavy atom. The van der Waals surface area contributed by atoms with Crippen molar-refractivity contribution in [3.63, 3.8) is 0 Å². The van der Waals surface area contributed by atoms with Gasteiger partial charge in [0.2, 0.25) is 0 Å². The lowest BCUT2D eigenvalue weighted by Gasteiger charge is -2.32. The Hall–Kier alpha value is -2.89. The lowest BCUT2D eigenvalue weighted by atomic mass is 10.0. The molecule has 0 radical (unpaired) electrons. The van der Waals surface area contributed by atoms with Gasteiger partial charge in [-0.3, -0.25) is 14.9 Å². The summed E-state index contributed by atoms with van der Waals surface area (Å²) in [6, 6.07) is 15.6. The first-order chi connectivity index (χ1) is 16.2. The second-order valence-corrected chi connectivity index (χ2v) is 9.58. The zero-order valence-electron chi connectivity index (χ0n) is 19.1. The van der Waals surface area contributed by atoms with Gasteiger partial charge in [0.1, 0.15) is 0 Å². The third kappa shape index (κ3) is 4.90. The first-order valence-corrected chi connectivity index (χ1v) is 12.3. The van der Waals surface area contributed by atoms with Gasteiger partial charge in [-0.2, -0.15) is 0 Å². The Morgan fingerprint density at radius 3 is 2.85 bits per heavy atom. The molecule has 1 fully saturated rings. The zero-order valence-corrected chi connectivity index (χ0v) is 19.1. The summed E-state index contributed by atoms with van der Waals surface area (Å²) in [7, 11) is 0. The molecule has 2 aromatic carbocycles. The number of fused-ring (bicyclic) bond motifs is 2. The monoisotopic (exact) mass is 443 g/mol. The SMILES string of the molecule is O=C(C=Cc1ccc2c(c1)CCC2N(CCc1c[nH]c2ccccc12)CC1CCCC1)NO. The Balaban J connectivity index is 1.35. The van der Waals surface area contributed by atoms with Gasteiger partial charge in [-0.05, 0) is 72.4 Å². The number of para-hydroxylation sites is 1. The van der Waals surface area contributed by atoms with Crippen LogP contribution in [0.2, 0.25) is 0 Å². The molecule has 0 aliphatic heterocycles. The fraction of sp³-hybridized carbons (Fsp3) is 0.393. The number of benzene rings is 2. The number of hydroxylamine groups is 1. The summed E-state index contributed by atoms with van der Waals surface area (Å²) < 4.78 is 0. The highest BCUT2D eigenvalue weighted by atomic mass is 16.5. The number of aryl methyl sites for hydroxylation is 1. The van der Waals surface area contributed by atoms with E-state index in [1.807, 2.05) is 0 Å². The molecule has 33 heavy (non-hydrogen) atoms. The van der Waals surface area contributed by atoms with Crippen LogP contribution >= 0.6 is 0 Å². The van der Waals surface area contributed by atoms with Crippen LogP contribution < -0.4 is 5.48 Å². The van der Waals surface area contributed by atoms with E-state index in [1.54, 1.807) is 11.6 Å².